The van der Waals surface area contributed by atoms with E-state index in [1.165, 1.54) is 12.8 Å². The van der Waals surface area contributed by atoms with Crippen molar-refractivity contribution in [3.05, 3.63) is 5.01 Å². The minimum absolute atomic E-state index is 0.0398. The summed E-state index contributed by atoms with van der Waals surface area (Å²) in [5.74, 6) is 0.782. The highest BCUT2D eigenvalue weighted by atomic mass is 32.1. The molecular weight excluding hydrogens is 236 g/mol. The molecule has 1 aliphatic rings. The van der Waals surface area contributed by atoms with Crippen LogP contribution in [0.25, 0.3) is 0 Å². The first-order valence-corrected chi connectivity index (χ1v) is 6.83. The molecule has 1 amide bonds. The van der Waals surface area contributed by atoms with Crippen molar-refractivity contribution in [1.82, 2.24) is 15.5 Å². The Morgan fingerprint density at radius 1 is 1.41 bits per heavy atom. The molecule has 0 bridgehead atoms. The molecule has 1 saturated carbocycles. The van der Waals surface area contributed by atoms with E-state index in [-0.39, 0.29) is 11.8 Å². The van der Waals surface area contributed by atoms with Gasteiger partial charge in [0.2, 0.25) is 11.0 Å². The van der Waals surface area contributed by atoms with Gasteiger partial charge in [0.05, 0.1) is 0 Å². The molecule has 94 valence electrons. The number of nitrogens with one attached hydrogen (secondary N) is 2. The highest BCUT2D eigenvalue weighted by Crippen LogP contribution is 2.41. The number of nitrogens with zero attached hydrogens (tertiary/aromatic N) is 2. The first kappa shape index (κ1) is 12.3. The Bertz CT molecular complexity index is 387. The van der Waals surface area contributed by atoms with Gasteiger partial charge in [-0.05, 0) is 12.8 Å². The molecule has 0 saturated heterocycles. The van der Waals surface area contributed by atoms with Gasteiger partial charge in [-0.25, -0.2) is 0 Å². The predicted molar refractivity (Wildman–Crippen MR) is 68.2 cm³/mol. The van der Waals surface area contributed by atoms with Crippen LogP contribution in [0.1, 0.15) is 37.6 Å². The van der Waals surface area contributed by atoms with Crippen LogP contribution in [0.3, 0.4) is 0 Å². The van der Waals surface area contributed by atoms with Crippen LogP contribution in [-0.2, 0) is 4.79 Å². The first-order chi connectivity index (χ1) is 8.16. The zero-order chi connectivity index (χ0) is 12.3. The van der Waals surface area contributed by atoms with Crippen molar-refractivity contribution < 1.29 is 4.79 Å². The molecule has 2 rings (SSSR count). The maximum absolute atomic E-state index is 11.3. The van der Waals surface area contributed by atoms with E-state index in [1.807, 2.05) is 13.8 Å². The quantitative estimate of drug-likeness (QED) is 0.757. The van der Waals surface area contributed by atoms with Gasteiger partial charge in [0.25, 0.3) is 0 Å². The Labute approximate surface area is 105 Å². The maximum atomic E-state index is 11.3. The number of anilines is 1. The summed E-state index contributed by atoms with van der Waals surface area (Å²) < 4.78 is 0. The Kier molecular flexibility index (Phi) is 3.93. The van der Waals surface area contributed by atoms with Gasteiger partial charge in [0.1, 0.15) is 5.01 Å². The van der Waals surface area contributed by atoms with E-state index in [0.29, 0.717) is 19.0 Å². The molecule has 1 aliphatic carbocycles. The molecule has 0 atom stereocenters. The van der Waals surface area contributed by atoms with E-state index in [0.717, 1.165) is 10.1 Å². The summed E-state index contributed by atoms with van der Waals surface area (Å²) in [4.78, 5) is 11.3. The van der Waals surface area contributed by atoms with Crippen LogP contribution < -0.4 is 10.6 Å². The molecule has 0 unspecified atom stereocenters. The van der Waals surface area contributed by atoms with Crippen molar-refractivity contribution in [2.75, 3.05) is 18.4 Å². The monoisotopic (exact) mass is 254 g/mol. The number of amides is 1. The highest BCUT2D eigenvalue weighted by molar-refractivity contribution is 7.15. The molecule has 1 fully saturated rings. The lowest BCUT2D eigenvalue weighted by atomic mass is 10.2. The van der Waals surface area contributed by atoms with Crippen LogP contribution in [-0.4, -0.2) is 29.2 Å². The molecule has 2 N–H and O–H groups in total. The molecular formula is C11H18N4OS. The number of aromatic nitrogens is 2. The lowest BCUT2D eigenvalue weighted by Gasteiger charge is -2.07. The van der Waals surface area contributed by atoms with Crippen LogP contribution in [0.4, 0.5) is 5.13 Å². The molecule has 1 aromatic rings. The van der Waals surface area contributed by atoms with Gasteiger partial charge in [0, 0.05) is 24.9 Å². The van der Waals surface area contributed by atoms with Gasteiger partial charge in [-0.3, -0.25) is 4.79 Å². The van der Waals surface area contributed by atoms with Crippen molar-refractivity contribution in [1.29, 1.82) is 0 Å². The standard InChI is InChI=1S/C11H18N4OS/c1-7(2)9(16)12-5-6-13-11-15-14-10(17-11)8-3-4-8/h7-8H,3-6H2,1-2H3,(H,12,16)(H,13,15). The third-order valence-corrected chi connectivity index (χ3v) is 3.64. The summed E-state index contributed by atoms with van der Waals surface area (Å²) in [6, 6.07) is 0. The molecule has 0 radical (unpaired) electrons. The van der Waals surface area contributed by atoms with E-state index in [2.05, 4.69) is 20.8 Å². The molecule has 0 spiro atoms. The zero-order valence-electron chi connectivity index (χ0n) is 10.2. The summed E-state index contributed by atoms with van der Waals surface area (Å²) in [5.41, 5.74) is 0. The van der Waals surface area contributed by atoms with E-state index < -0.39 is 0 Å². The van der Waals surface area contributed by atoms with Crippen molar-refractivity contribution in [3.8, 4) is 0 Å². The Balaban J connectivity index is 1.65. The van der Waals surface area contributed by atoms with Gasteiger partial charge in [-0.2, -0.15) is 0 Å². The fourth-order valence-corrected chi connectivity index (χ4v) is 2.30. The third kappa shape index (κ3) is 3.66. The number of hydrogen-bond donors (Lipinski definition) is 2. The second kappa shape index (κ2) is 5.44. The SMILES string of the molecule is CC(C)C(=O)NCCNc1nnc(C2CC2)s1. The van der Waals surface area contributed by atoms with Crippen LogP contribution in [0.5, 0.6) is 0 Å². The van der Waals surface area contributed by atoms with Gasteiger partial charge in [0.15, 0.2) is 0 Å². The number of rotatable bonds is 6. The molecule has 1 aromatic heterocycles. The van der Waals surface area contributed by atoms with Crippen LogP contribution in [0, 0.1) is 5.92 Å². The predicted octanol–water partition coefficient (Wildman–Crippen LogP) is 1.60. The van der Waals surface area contributed by atoms with E-state index in [9.17, 15) is 4.79 Å². The lowest BCUT2D eigenvalue weighted by molar-refractivity contribution is -0.123. The highest BCUT2D eigenvalue weighted by Gasteiger charge is 2.27. The van der Waals surface area contributed by atoms with Crippen molar-refractivity contribution in [3.63, 3.8) is 0 Å². The Hall–Kier alpha value is -1.17. The van der Waals surface area contributed by atoms with E-state index in [1.54, 1.807) is 11.3 Å². The topological polar surface area (TPSA) is 66.9 Å². The molecule has 0 aliphatic heterocycles. The summed E-state index contributed by atoms with van der Waals surface area (Å²) in [6.07, 6.45) is 2.50. The number of hydrogen-bond acceptors (Lipinski definition) is 5. The van der Waals surface area contributed by atoms with Gasteiger partial charge >= 0.3 is 0 Å². The molecule has 6 heteroatoms. The summed E-state index contributed by atoms with van der Waals surface area (Å²) in [6.45, 7) is 5.08. The Morgan fingerprint density at radius 2 is 2.18 bits per heavy atom. The average molecular weight is 254 g/mol. The van der Waals surface area contributed by atoms with Crippen LogP contribution >= 0.6 is 11.3 Å². The second-order valence-electron chi connectivity index (χ2n) is 4.59. The molecule has 1 heterocycles. The molecule has 0 aromatic carbocycles. The summed E-state index contributed by atoms with van der Waals surface area (Å²) in [5, 5.41) is 16.2. The van der Waals surface area contributed by atoms with Crippen LogP contribution in [0.15, 0.2) is 0 Å². The third-order valence-electron chi connectivity index (χ3n) is 2.59. The Morgan fingerprint density at radius 3 is 2.82 bits per heavy atom. The van der Waals surface area contributed by atoms with E-state index >= 15 is 0 Å². The average Bonchev–Trinajstić information content (AvgIpc) is 3.04. The fourth-order valence-electron chi connectivity index (χ4n) is 1.36. The van der Waals surface area contributed by atoms with E-state index in [4.69, 9.17) is 0 Å². The number of carbonyl (C=O) groups excluding carboxylic acids is 1. The summed E-state index contributed by atoms with van der Waals surface area (Å²) in [7, 11) is 0. The maximum Gasteiger partial charge on any atom is 0.222 e. The smallest absolute Gasteiger partial charge is 0.222 e. The van der Waals surface area contributed by atoms with Crippen molar-refractivity contribution in [2.24, 2.45) is 5.92 Å². The second-order valence-corrected chi connectivity index (χ2v) is 5.60. The minimum atomic E-state index is 0.0398. The lowest BCUT2D eigenvalue weighted by Crippen LogP contribution is -2.31. The largest absolute Gasteiger partial charge is 0.358 e. The first-order valence-electron chi connectivity index (χ1n) is 6.02. The fraction of sp³-hybridized carbons (Fsp3) is 0.727. The zero-order valence-corrected chi connectivity index (χ0v) is 11.0. The van der Waals surface area contributed by atoms with Gasteiger partial charge in [-0.1, -0.05) is 25.2 Å². The normalized spacial score (nSPS) is 15.0. The minimum Gasteiger partial charge on any atom is -0.358 e. The number of carbonyl (C=O) groups is 1. The van der Waals surface area contributed by atoms with Crippen molar-refractivity contribution >= 4 is 22.4 Å². The van der Waals surface area contributed by atoms with Crippen molar-refractivity contribution in [2.45, 2.75) is 32.6 Å². The summed E-state index contributed by atoms with van der Waals surface area (Å²) >= 11 is 1.62. The van der Waals surface area contributed by atoms with Gasteiger partial charge < -0.3 is 10.6 Å². The van der Waals surface area contributed by atoms with Crippen LogP contribution in [0.2, 0.25) is 0 Å². The molecule has 17 heavy (non-hydrogen) atoms. The molecule has 5 nitrogen and oxygen atoms in total. The van der Waals surface area contributed by atoms with Gasteiger partial charge in [-0.15, -0.1) is 10.2 Å².